The Morgan fingerprint density at radius 2 is 1.82 bits per heavy atom. The molecule has 0 radical (unpaired) electrons. The van der Waals surface area contributed by atoms with Crippen LogP contribution in [0.5, 0.6) is 5.75 Å². The van der Waals surface area contributed by atoms with E-state index in [0.717, 1.165) is 17.2 Å². The van der Waals surface area contributed by atoms with Crippen LogP contribution in [0.3, 0.4) is 0 Å². The molecular weight excluding hydrogens is 232 g/mol. The van der Waals surface area contributed by atoms with Gasteiger partial charge in [0.2, 0.25) is 0 Å². The minimum absolute atomic E-state index is 0.686. The molecule has 0 aliphatic carbocycles. The van der Waals surface area contributed by atoms with Gasteiger partial charge in [-0.15, -0.1) is 0 Å². The average molecular weight is 247 g/mol. The van der Waals surface area contributed by atoms with Crippen LogP contribution in [0.2, 0.25) is 5.02 Å². The van der Waals surface area contributed by atoms with Crippen molar-refractivity contribution in [3.63, 3.8) is 0 Å². The van der Waals surface area contributed by atoms with Crippen LogP contribution in [0.15, 0.2) is 48.5 Å². The maximum absolute atomic E-state index is 5.83. The molecule has 2 aromatic rings. The predicted octanol–water partition coefficient (Wildman–Crippen LogP) is 4.27. The molecule has 0 N–H and O–H groups in total. The molecule has 0 aliphatic heterocycles. The molecule has 0 spiro atoms. The van der Waals surface area contributed by atoms with E-state index < -0.39 is 0 Å². The molecule has 0 fully saturated rings. The Kier molecular flexibility index (Phi) is 4.05. The van der Waals surface area contributed by atoms with Gasteiger partial charge in [0.05, 0.1) is 6.61 Å². The monoisotopic (exact) mass is 246 g/mol. The van der Waals surface area contributed by atoms with Gasteiger partial charge in [0.15, 0.2) is 0 Å². The van der Waals surface area contributed by atoms with Crippen molar-refractivity contribution in [2.75, 3.05) is 6.61 Å². The van der Waals surface area contributed by atoms with Crippen LogP contribution in [0.4, 0.5) is 0 Å². The summed E-state index contributed by atoms with van der Waals surface area (Å²) in [5.74, 6) is 0.930. The number of benzene rings is 2. The molecule has 2 heteroatoms. The van der Waals surface area contributed by atoms with Crippen molar-refractivity contribution in [3.8, 4) is 5.75 Å². The smallest absolute Gasteiger partial charge is 0.119 e. The summed E-state index contributed by atoms with van der Waals surface area (Å²) < 4.78 is 5.69. The maximum atomic E-state index is 5.83. The third-order valence-electron chi connectivity index (χ3n) is 2.56. The quantitative estimate of drug-likeness (QED) is 0.783. The van der Waals surface area contributed by atoms with Gasteiger partial charge >= 0.3 is 0 Å². The molecule has 0 unspecified atom stereocenters. The zero-order valence-electron chi connectivity index (χ0n) is 9.82. The topological polar surface area (TPSA) is 9.23 Å². The summed E-state index contributed by atoms with van der Waals surface area (Å²) >= 11 is 5.83. The fourth-order valence-corrected chi connectivity index (χ4v) is 1.77. The Hall–Kier alpha value is -1.47. The Bertz CT molecular complexity index is 477. The molecule has 2 aromatic carbocycles. The number of ether oxygens (including phenoxy) is 1. The maximum Gasteiger partial charge on any atom is 0.119 e. The van der Waals surface area contributed by atoms with Gasteiger partial charge in [0.1, 0.15) is 5.75 Å². The molecule has 1 nitrogen and oxygen atoms in total. The molecule has 0 bridgehead atoms. The SMILES string of the molecule is Cc1cccc(OCCc2ccc(Cl)cc2)c1. The second-order valence-electron chi connectivity index (χ2n) is 4.04. The minimum atomic E-state index is 0.686. The summed E-state index contributed by atoms with van der Waals surface area (Å²) in [6.07, 6.45) is 0.894. The third kappa shape index (κ3) is 3.79. The lowest BCUT2D eigenvalue weighted by Crippen LogP contribution is -2.01. The van der Waals surface area contributed by atoms with Crippen molar-refractivity contribution < 1.29 is 4.74 Å². The number of halogens is 1. The highest BCUT2D eigenvalue weighted by Crippen LogP contribution is 2.14. The van der Waals surface area contributed by atoms with Crippen LogP contribution in [0, 0.1) is 6.92 Å². The van der Waals surface area contributed by atoms with E-state index in [1.54, 1.807) is 0 Å². The zero-order chi connectivity index (χ0) is 12.1. The van der Waals surface area contributed by atoms with Gasteiger partial charge in [0, 0.05) is 11.4 Å². The second kappa shape index (κ2) is 5.74. The van der Waals surface area contributed by atoms with E-state index >= 15 is 0 Å². The molecule has 0 saturated carbocycles. The van der Waals surface area contributed by atoms with Crippen molar-refractivity contribution in [2.24, 2.45) is 0 Å². The van der Waals surface area contributed by atoms with Crippen LogP contribution >= 0.6 is 11.6 Å². The first-order valence-electron chi connectivity index (χ1n) is 5.68. The summed E-state index contributed by atoms with van der Waals surface area (Å²) in [6, 6.07) is 16.0. The van der Waals surface area contributed by atoms with Crippen LogP contribution in [-0.2, 0) is 6.42 Å². The molecule has 17 heavy (non-hydrogen) atoms. The minimum Gasteiger partial charge on any atom is -0.493 e. The van der Waals surface area contributed by atoms with Gasteiger partial charge in [-0.1, -0.05) is 35.9 Å². The molecule has 0 heterocycles. The normalized spacial score (nSPS) is 10.2. The molecule has 0 atom stereocenters. The Morgan fingerprint density at radius 1 is 1.06 bits per heavy atom. The number of rotatable bonds is 4. The summed E-state index contributed by atoms with van der Waals surface area (Å²) in [5, 5.41) is 0.772. The van der Waals surface area contributed by atoms with Gasteiger partial charge < -0.3 is 4.74 Å². The van der Waals surface area contributed by atoms with Crippen molar-refractivity contribution in [1.29, 1.82) is 0 Å². The average Bonchev–Trinajstić information content (AvgIpc) is 2.32. The van der Waals surface area contributed by atoms with E-state index in [4.69, 9.17) is 16.3 Å². The highest BCUT2D eigenvalue weighted by atomic mass is 35.5. The van der Waals surface area contributed by atoms with Gasteiger partial charge in [0.25, 0.3) is 0 Å². The summed E-state index contributed by atoms with van der Waals surface area (Å²) in [7, 11) is 0. The Balaban J connectivity index is 1.85. The number of aryl methyl sites for hydroxylation is 1. The largest absolute Gasteiger partial charge is 0.493 e. The molecule has 0 amide bonds. The second-order valence-corrected chi connectivity index (χ2v) is 4.48. The lowest BCUT2D eigenvalue weighted by atomic mass is 10.2. The van der Waals surface area contributed by atoms with Crippen molar-refractivity contribution in [1.82, 2.24) is 0 Å². The van der Waals surface area contributed by atoms with Crippen LogP contribution in [-0.4, -0.2) is 6.61 Å². The van der Waals surface area contributed by atoms with Crippen molar-refractivity contribution >= 4 is 11.6 Å². The van der Waals surface area contributed by atoms with E-state index in [0.29, 0.717) is 6.61 Å². The van der Waals surface area contributed by atoms with E-state index in [1.165, 1.54) is 11.1 Å². The van der Waals surface area contributed by atoms with Crippen molar-refractivity contribution in [3.05, 3.63) is 64.7 Å². The number of hydrogen-bond donors (Lipinski definition) is 0. The lowest BCUT2D eigenvalue weighted by Gasteiger charge is -2.06. The summed E-state index contributed by atoms with van der Waals surface area (Å²) in [6.45, 7) is 2.75. The molecule has 0 aromatic heterocycles. The first kappa shape index (κ1) is 12.0. The highest BCUT2D eigenvalue weighted by molar-refractivity contribution is 6.30. The summed E-state index contributed by atoms with van der Waals surface area (Å²) in [5.41, 5.74) is 2.45. The predicted molar refractivity (Wildman–Crippen MR) is 71.8 cm³/mol. The van der Waals surface area contributed by atoms with Crippen molar-refractivity contribution in [2.45, 2.75) is 13.3 Å². The first-order valence-corrected chi connectivity index (χ1v) is 6.06. The zero-order valence-corrected chi connectivity index (χ0v) is 10.6. The van der Waals surface area contributed by atoms with Crippen LogP contribution in [0.25, 0.3) is 0 Å². The highest BCUT2D eigenvalue weighted by Gasteiger charge is 1.96. The van der Waals surface area contributed by atoms with Gasteiger partial charge in [-0.2, -0.15) is 0 Å². The standard InChI is InChI=1S/C15H15ClO/c1-12-3-2-4-15(11-12)17-10-9-13-5-7-14(16)8-6-13/h2-8,11H,9-10H2,1H3. The van der Waals surface area contributed by atoms with Crippen LogP contribution < -0.4 is 4.74 Å². The van der Waals surface area contributed by atoms with E-state index in [2.05, 4.69) is 13.0 Å². The van der Waals surface area contributed by atoms with E-state index in [9.17, 15) is 0 Å². The molecular formula is C15H15ClO. The first-order chi connectivity index (χ1) is 8.24. The summed E-state index contributed by atoms with van der Waals surface area (Å²) in [4.78, 5) is 0. The third-order valence-corrected chi connectivity index (χ3v) is 2.81. The Labute approximate surface area is 107 Å². The molecule has 0 saturated heterocycles. The Morgan fingerprint density at radius 3 is 2.53 bits per heavy atom. The van der Waals surface area contributed by atoms with Gasteiger partial charge in [-0.05, 0) is 42.3 Å². The number of hydrogen-bond acceptors (Lipinski definition) is 1. The molecule has 2 rings (SSSR count). The van der Waals surface area contributed by atoms with Crippen LogP contribution in [0.1, 0.15) is 11.1 Å². The molecule has 0 aliphatic rings. The van der Waals surface area contributed by atoms with E-state index in [-0.39, 0.29) is 0 Å². The fraction of sp³-hybridized carbons (Fsp3) is 0.200. The molecule has 88 valence electrons. The lowest BCUT2D eigenvalue weighted by molar-refractivity contribution is 0.322. The fourth-order valence-electron chi connectivity index (χ4n) is 1.64. The van der Waals surface area contributed by atoms with Gasteiger partial charge in [-0.3, -0.25) is 0 Å². The van der Waals surface area contributed by atoms with Gasteiger partial charge in [-0.25, -0.2) is 0 Å². The van der Waals surface area contributed by atoms with E-state index in [1.807, 2.05) is 42.5 Å².